The number of hydrogen-bond donors (Lipinski definition) is 2. The molecule has 4 atom stereocenters. The summed E-state index contributed by atoms with van der Waals surface area (Å²) in [4.78, 5) is 2.02. The summed E-state index contributed by atoms with van der Waals surface area (Å²) in [6, 6.07) is 0.486. The molecule has 0 radical (unpaired) electrons. The summed E-state index contributed by atoms with van der Waals surface area (Å²) >= 11 is 0. The summed E-state index contributed by atoms with van der Waals surface area (Å²) in [6.45, 7) is 6.85. The van der Waals surface area contributed by atoms with Crippen LogP contribution in [0.5, 0.6) is 0 Å². The number of hydrogen-bond acceptors (Lipinski definition) is 4. The first-order valence-corrected chi connectivity index (χ1v) is 7.10. The third-order valence-electron chi connectivity index (χ3n) is 4.48. The maximum atomic E-state index is 9.92. The van der Waals surface area contributed by atoms with E-state index in [0.717, 1.165) is 6.61 Å². The first kappa shape index (κ1) is 14.3. The number of fused-ring (bicyclic) bond motifs is 1. The number of nitrogens with one attached hydrogen (secondary N) is 1. The van der Waals surface area contributed by atoms with E-state index in [0.29, 0.717) is 31.2 Å². The highest BCUT2D eigenvalue weighted by Crippen LogP contribution is 2.51. The van der Waals surface area contributed by atoms with Crippen molar-refractivity contribution in [2.75, 3.05) is 33.8 Å². The molecule has 1 saturated carbocycles. The summed E-state index contributed by atoms with van der Waals surface area (Å²) in [5, 5.41) is 13.5. The van der Waals surface area contributed by atoms with E-state index >= 15 is 0 Å². The molecular weight excluding hydrogens is 228 g/mol. The zero-order valence-electron chi connectivity index (χ0n) is 12.1. The molecule has 1 saturated heterocycles. The van der Waals surface area contributed by atoms with Gasteiger partial charge in [0.2, 0.25) is 0 Å². The van der Waals surface area contributed by atoms with Crippen molar-refractivity contribution in [3.05, 3.63) is 0 Å². The van der Waals surface area contributed by atoms with Gasteiger partial charge in [0.15, 0.2) is 0 Å². The second-order valence-corrected chi connectivity index (χ2v) is 6.72. The number of aliphatic hydroxyl groups excluding tert-OH is 1. The highest BCUT2D eigenvalue weighted by atomic mass is 16.5. The number of ether oxygens (including phenoxy) is 1. The first-order chi connectivity index (χ1) is 8.43. The highest BCUT2D eigenvalue weighted by molar-refractivity contribution is 5.10. The smallest absolute Gasteiger partial charge is 0.0791 e. The molecule has 0 amide bonds. The van der Waals surface area contributed by atoms with Crippen LogP contribution in [0.1, 0.15) is 26.7 Å². The van der Waals surface area contributed by atoms with Crippen LogP contribution in [0.2, 0.25) is 0 Å². The van der Waals surface area contributed by atoms with Gasteiger partial charge in [-0.1, -0.05) is 13.8 Å². The van der Waals surface area contributed by atoms with E-state index in [9.17, 15) is 5.11 Å². The quantitative estimate of drug-likeness (QED) is 0.760. The van der Waals surface area contributed by atoms with Gasteiger partial charge < -0.3 is 20.1 Å². The van der Waals surface area contributed by atoms with Crippen molar-refractivity contribution < 1.29 is 9.84 Å². The Bertz CT molecular complexity index is 281. The molecule has 4 unspecified atom stereocenters. The van der Waals surface area contributed by atoms with Crippen molar-refractivity contribution in [1.29, 1.82) is 0 Å². The lowest BCUT2D eigenvalue weighted by Crippen LogP contribution is -2.69. The van der Waals surface area contributed by atoms with Crippen LogP contribution in [0.3, 0.4) is 0 Å². The number of rotatable bonds is 5. The van der Waals surface area contributed by atoms with Gasteiger partial charge in [-0.2, -0.15) is 0 Å². The summed E-state index contributed by atoms with van der Waals surface area (Å²) in [7, 11) is 3.98. The average Bonchev–Trinajstić information content (AvgIpc) is 2.28. The molecular formula is C14H28N2O2. The minimum atomic E-state index is -0.292. The SMILES string of the molecule is CN(C)CC(O)CNC1C2CCCOC2C1(C)C. The van der Waals surface area contributed by atoms with Crippen LogP contribution in [0, 0.1) is 11.3 Å². The van der Waals surface area contributed by atoms with E-state index < -0.39 is 0 Å². The second-order valence-electron chi connectivity index (χ2n) is 6.72. The molecule has 18 heavy (non-hydrogen) atoms. The van der Waals surface area contributed by atoms with Crippen LogP contribution < -0.4 is 5.32 Å². The molecule has 0 bridgehead atoms. The molecule has 2 fully saturated rings. The van der Waals surface area contributed by atoms with Crippen molar-refractivity contribution in [3.63, 3.8) is 0 Å². The Kier molecular flexibility index (Phi) is 4.32. The number of likely N-dealkylation sites (N-methyl/N-ethyl adjacent to an activating group) is 1. The van der Waals surface area contributed by atoms with Gasteiger partial charge in [-0.05, 0) is 26.9 Å². The Balaban J connectivity index is 1.82. The molecule has 1 heterocycles. The van der Waals surface area contributed by atoms with Gasteiger partial charge in [0.1, 0.15) is 0 Å². The van der Waals surface area contributed by atoms with Crippen molar-refractivity contribution in [3.8, 4) is 0 Å². The fourth-order valence-corrected chi connectivity index (χ4v) is 3.69. The Morgan fingerprint density at radius 3 is 2.83 bits per heavy atom. The summed E-state index contributed by atoms with van der Waals surface area (Å²) in [5.74, 6) is 0.639. The van der Waals surface area contributed by atoms with E-state index in [-0.39, 0.29) is 11.5 Å². The number of nitrogens with zero attached hydrogens (tertiary/aromatic N) is 1. The number of aliphatic hydroxyl groups is 1. The zero-order chi connectivity index (χ0) is 13.3. The molecule has 0 aromatic carbocycles. The van der Waals surface area contributed by atoms with E-state index in [4.69, 9.17) is 4.74 Å². The molecule has 1 aliphatic carbocycles. The molecule has 4 heteroatoms. The molecule has 2 N–H and O–H groups in total. The van der Waals surface area contributed by atoms with Crippen LogP contribution in [-0.2, 0) is 4.74 Å². The van der Waals surface area contributed by atoms with Crippen LogP contribution in [0.25, 0.3) is 0 Å². The van der Waals surface area contributed by atoms with Gasteiger partial charge in [-0.15, -0.1) is 0 Å². The highest BCUT2D eigenvalue weighted by Gasteiger charge is 2.57. The fraction of sp³-hybridized carbons (Fsp3) is 1.00. The molecule has 2 rings (SSSR count). The van der Waals surface area contributed by atoms with Crippen molar-refractivity contribution in [1.82, 2.24) is 10.2 Å². The maximum Gasteiger partial charge on any atom is 0.0791 e. The van der Waals surface area contributed by atoms with E-state index in [2.05, 4.69) is 19.2 Å². The van der Waals surface area contributed by atoms with E-state index in [1.54, 1.807) is 0 Å². The Morgan fingerprint density at radius 1 is 1.44 bits per heavy atom. The van der Waals surface area contributed by atoms with Gasteiger partial charge in [-0.3, -0.25) is 0 Å². The lowest BCUT2D eigenvalue weighted by molar-refractivity contribution is -0.193. The third kappa shape index (κ3) is 2.72. The van der Waals surface area contributed by atoms with Crippen LogP contribution in [-0.4, -0.2) is 62.0 Å². The summed E-state index contributed by atoms with van der Waals surface area (Å²) < 4.78 is 5.88. The van der Waals surface area contributed by atoms with Gasteiger partial charge >= 0.3 is 0 Å². The standard InChI is InChI=1S/C14H28N2O2/c1-14(2)12(11-6-5-7-18-13(11)14)15-8-10(17)9-16(3)4/h10-13,15,17H,5-9H2,1-4H3. The Labute approximate surface area is 111 Å². The monoisotopic (exact) mass is 256 g/mol. The summed E-state index contributed by atoms with van der Waals surface area (Å²) in [6.07, 6.45) is 2.56. The lowest BCUT2D eigenvalue weighted by atomic mass is 9.55. The molecule has 0 aromatic heterocycles. The van der Waals surface area contributed by atoms with E-state index in [1.165, 1.54) is 12.8 Å². The summed E-state index contributed by atoms with van der Waals surface area (Å²) in [5.41, 5.74) is 0.197. The normalized spacial score (nSPS) is 36.0. The maximum absolute atomic E-state index is 9.92. The minimum absolute atomic E-state index is 0.197. The molecule has 4 nitrogen and oxygen atoms in total. The molecule has 0 spiro atoms. The van der Waals surface area contributed by atoms with Crippen LogP contribution in [0.15, 0.2) is 0 Å². The zero-order valence-corrected chi connectivity index (χ0v) is 12.1. The minimum Gasteiger partial charge on any atom is -0.390 e. The fourth-order valence-electron chi connectivity index (χ4n) is 3.69. The van der Waals surface area contributed by atoms with Crippen molar-refractivity contribution in [2.24, 2.45) is 11.3 Å². The second kappa shape index (κ2) is 5.45. The lowest BCUT2D eigenvalue weighted by Gasteiger charge is -2.60. The van der Waals surface area contributed by atoms with Gasteiger partial charge in [0.25, 0.3) is 0 Å². The molecule has 1 aliphatic heterocycles. The largest absolute Gasteiger partial charge is 0.390 e. The Morgan fingerprint density at radius 2 is 2.17 bits per heavy atom. The first-order valence-electron chi connectivity index (χ1n) is 7.10. The van der Waals surface area contributed by atoms with Gasteiger partial charge in [-0.25, -0.2) is 0 Å². The van der Waals surface area contributed by atoms with Crippen molar-refractivity contribution in [2.45, 2.75) is 44.9 Å². The average molecular weight is 256 g/mol. The predicted molar refractivity (Wildman–Crippen MR) is 72.6 cm³/mol. The Hall–Kier alpha value is -0.160. The topological polar surface area (TPSA) is 44.7 Å². The van der Waals surface area contributed by atoms with Crippen LogP contribution in [0.4, 0.5) is 0 Å². The predicted octanol–water partition coefficient (Wildman–Crippen LogP) is 0.702. The van der Waals surface area contributed by atoms with Crippen LogP contribution >= 0.6 is 0 Å². The van der Waals surface area contributed by atoms with E-state index in [1.807, 2.05) is 19.0 Å². The molecule has 0 aromatic rings. The van der Waals surface area contributed by atoms with Crippen molar-refractivity contribution >= 4 is 0 Å². The molecule has 2 aliphatic rings. The van der Waals surface area contributed by atoms with Gasteiger partial charge in [0.05, 0.1) is 12.2 Å². The molecule has 106 valence electrons. The van der Waals surface area contributed by atoms with Gasteiger partial charge in [0, 0.05) is 37.1 Å². The third-order valence-corrected chi connectivity index (χ3v) is 4.48.